The number of benzene rings is 1. The fourth-order valence-electron chi connectivity index (χ4n) is 6.68. The zero-order valence-electron chi connectivity index (χ0n) is 24.1. The number of ketones is 2. The van der Waals surface area contributed by atoms with Gasteiger partial charge in [-0.1, -0.05) is 29.6 Å². The van der Waals surface area contributed by atoms with E-state index in [1.165, 1.54) is 0 Å². The zero-order chi connectivity index (χ0) is 30.3. The van der Waals surface area contributed by atoms with Crippen LogP contribution in [0.4, 0.5) is 0 Å². The minimum Gasteiger partial charge on any atom is -0.457 e. The predicted octanol–water partition coefficient (Wildman–Crippen LogP) is 5.12. The highest BCUT2D eigenvalue weighted by molar-refractivity contribution is 6.38. The number of halogens is 2. The summed E-state index contributed by atoms with van der Waals surface area (Å²) in [7, 11) is 0. The molecule has 226 valence electrons. The number of likely N-dealkylation sites (tertiary alicyclic amines) is 1. The second-order valence-electron chi connectivity index (χ2n) is 12.9. The fourth-order valence-corrected chi connectivity index (χ4v) is 7.23. The van der Waals surface area contributed by atoms with Gasteiger partial charge in [0.2, 0.25) is 5.91 Å². The summed E-state index contributed by atoms with van der Waals surface area (Å²) in [5.41, 5.74) is 0.124. The number of ether oxygens (including phenoxy) is 1. The van der Waals surface area contributed by atoms with Crippen molar-refractivity contribution < 1.29 is 28.7 Å². The van der Waals surface area contributed by atoms with Gasteiger partial charge in [0.05, 0.1) is 16.5 Å². The minimum atomic E-state index is -1.01. The van der Waals surface area contributed by atoms with E-state index in [0.29, 0.717) is 46.0 Å². The third-order valence-corrected chi connectivity index (χ3v) is 9.45. The number of rotatable bonds is 8. The van der Waals surface area contributed by atoms with E-state index in [2.05, 4.69) is 10.3 Å². The van der Waals surface area contributed by atoms with E-state index in [1.54, 1.807) is 43.9 Å². The number of hydrogen-bond donors (Lipinski definition) is 2. The van der Waals surface area contributed by atoms with Gasteiger partial charge >= 0.3 is 5.97 Å². The average molecular weight is 619 g/mol. The van der Waals surface area contributed by atoms with E-state index in [1.807, 2.05) is 0 Å². The monoisotopic (exact) mass is 617 g/mol. The number of fused-ring (bicyclic) bond motifs is 2. The standard InChI is InChI=1S/C31H37Cl2N3O6/c1-31(2,3)30(41)42-15-26(38)23(10-16-6-5-9-25(16)37)35-28(39)27-19-8-4-7-17(19)14-36(27)29(40)24-13-20-21(33)11-18(32)12-22(20)34-24/h11-13,16-17,19,23,27,34H,4-10,14-15H2,1-3H3,(H,35,39). The Labute approximate surface area is 255 Å². The van der Waals surface area contributed by atoms with Crippen molar-refractivity contribution in [1.82, 2.24) is 15.2 Å². The molecule has 1 aliphatic heterocycles. The van der Waals surface area contributed by atoms with Crippen molar-refractivity contribution in [3.05, 3.63) is 33.9 Å². The molecular weight excluding hydrogens is 581 g/mol. The maximum Gasteiger partial charge on any atom is 0.311 e. The van der Waals surface area contributed by atoms with Crippen LogP contribution < -0.4 is 5.32 Å². The Morgan fingerprint density at radius 2 is 1.86 bits per heavy atom. The van der Waals surface area contributed by atoms with Crippen LogP contribution in [0.25, 0.3) is 10.9 Å². The summed E-state index contributed by atoms with van der Waals surface area (Å²) in [6.45, 7) is 5.00. The predicted molar refractivity (Wildman–Crippen MR) is 158 cm³/mol. The molecule has 5 atom stereocenters. The molecule has 3 fully saturated rings. The highest BCUT2D eigenvalue weighted by Gasteiger charge is 2.50. The lowest BCUT2D eigenvalue weighted by atomic mass is 9.91. The summed E-state index contributed by atoms with van der Waals surface area (Å²) < 4.78 is 5.27. The van der Waals surface area contributed by atoms with E-state index >= 15 is 0 Å². The van der Waals surface area contributed by atoms with E-state index in [9.17, 15) is 24.0 Å². The molecule has 2 N–H and O–H groups in total. The number of amides is 2. The van der Waals surface area contributed by atoms with Gasteiger partial charge in [0, 0.05) is 34.8 Å². The van der Waals surface area contributed by atoms with Crippen LogP contribution in [0.1, 0.15) is 76.2 Å². The molecular formula is C31H37Cl2N3O6. The third-order valence-electron chi connectivity index (χ3n) is 8.92. The van der Waals surface area contributed by atoms with Gasteiger partial charge in [0.1, 0.15) is 17.5 Å². The van der Waals surface area contributed by atoms with Crippen molar-refractivity contribution in [3.8, 4) is 0 Å². The van der Waals surface area contributed by atoms with Crippen molar-refractivity contribution in [2.75, 3.05) is 13.2 Å². The number of H-pyrrole nitrogens is 1. The highest BCUT2D eigenvalue weighted by atomic mass is 35.5. The van der Waals surface area contributed by atoms with Gasteiger partial charge in [0.25, 0.3) is 5.91 Å². The lowest BCUT2D eigenvalue weighted by Gasteiger charge is -2.29. The van der Waals surface area contributed by atoms with Gasteiger partial charge in [0.15, 0.2) is 12.4 Å². The molecule has 9 nitrogen and oxygen atoms in total. The number of esters is 1. The average Bonchev–Trinajstić information content (AvgIpc) is 3.69. The van der Waals surface area contributed by atoms with Gasteiger partial charge in [-0.15, -0.1) is 0 Å². The second-order valence-corrected chi connectivity index (χ2v) is 13.8. The first kappa shape index (κ1) is 30.5. The Morgan fingerprint density at radius 3 is 2.55 bits per heavy atom. The number of carbonyl (C=O) groups excluding carboxylic acids is 5. The number of aromatic amines is 1. The highest BCUT2D eigenvalue weighted by Crippen LogP contribution is 2.43. The minimum absolute atomic E-state index is 0.0426. The molecule has 1 aromatic heterocycles. The molecule has 2 amide bonds. The van der Waals surface area contributed by atoms with Crippen LogP contribution in [0.15, 0.2) is 18.2 Å². The first-order chi connectivity index (χ1) is 19.8. The maximum atomic E-state index is 14.0. The molecule has 5 rings (SSSR count). The van der Waals surface area contributed by atoms with Crippen LogP contribution in [0.2, 0.25) is 10.0 Å². The summed E-state index contributed by atoms with van der Waals surface area (Å²) >= 11 is 12.5. The van der Waals surface area contributed by atoms with Crippen LogP contribution in [-0.4, -0.2) is 64.5 Å². The van der Waals surface area contributed by atoms with Gasteiger partial charge < -0.3 is 19.9 Å². The Hall–Kier alpha value is -2.91. The summed E-state index contributed by atoms with van der Waals surface area (Å²) in [6.07, 6.45) is 4.65. The molecule has 2 saturated carbocycles. The zero-order valence-corrected chi connectivity index (χ0v) is 25.6. The van der Waals surface area contributed by atoms with Gasteiger partial charge in [-0.05, 0) is 82.9 Å². The van der Waals surface area contributed by atoms with E-state index in [0.717, 1.165) is 25.7 Å². The smallest absolute Gasteiger partial charge is 0.311 e. The molecule has 2 heterocycles. The molecule has 5 unspecified atom stereocenters. The topological polar surface area (TPSA) is 126 Å². The van der Waals surface area contributed by atoms with Crippen molar-refractivity contribution >= 4 is 63.5 Å². The molecule has 0 spiro atoms. The molecule has 2 aliphatic carbocycles. The molecule has 42 heavy (non-hydrogen) atoms. The Balaban J connectivity index is 1.38. The SMILES string of the molecule is CC(C)(C)C(=O)OCC(=O)C(CC1CCCC1=O)NC(=O)C1C2CCCC2CN1C(=O)c1cc2c(Cl)cc(Cl)cc2[nH]1. The van der Waals surface area contributed by atoms with Crippen molar-refractivity contribution in [2.24, 2.45) is 23.2 Å². The lowest BCUT2D eigenvalue weighted by molar-refractivity contribution is -0.156. The second kappa shape index (κ2) is 12.0. The quantitative estimate of drug-likeness (QED) is 0.396. The number of nitrogens with one attached hydrogen (secondary N) is 2. The van der Waals surface area contributed by atoms with E-state index < -0.39 is 41.8 Å². The Morgan fingerprint density at radius 1 is 1.10 bits per heavy atom. The van der Waals surface area contributed by atoms with Crippen molar-refractivity contribution in [3.63, 3.8) is 0 Å². The summed E-state index contributed by atoms with van der Waals surface area (Å²) in [5.74, 6) is -1.91. The molecule has 0 bridgehead atoms. The van der Waals surface area contributed by atoms with Crippen LogP contribution in [0.3, 0.4) is 0 Å². The van der Waals surface area contributed by atoms with E-state index in [-0.39, 0.29) is 35.9 Å². The van der Waals surface area contributed by atoms with Gasteiger partial charge in [-0.3, -0.25) is 24.0 Å². The summed E-state index contributed by atoms with van der Waals surface area (Å²) in [6, 6.07) is 3.18. The van der Waals surface area contributed by atoms with Crippen molar-refractivity contribution in [2.45, 2.75) is 77.8 Å². The number of carbonyl (C=O) groups is 5. The number of hydrogen-bond acceptors (Lipinski definition) is 6. The first-order valence-electron chi connectivity index (χ1n) is 14.6. The van der Waals surface area contributed by atoms with Gasteiger partial charge in [-0.2, -0.15) is 0 Å². The van der Waals surface area contributed by atoms with Crippen LogP contribution in [0, 0.1) is 23.2 Å². The summed E-state index contributed by atoms with van der Waals surface area (Å²) in [4.78, 5) is 70.6. The molecule has 0 radical (unpaired) electrons. The first-order valence-corrected chi connectivity index (χ1v) is 15.4. The Bertz CT molecular complexity index is 1430. The molecule has 1 aromatic carbocycles. The van der Waals surface area contributed by atoms with Crippen molar-refractivity contribution in [1.29, 1.82) is 0 Å². The Kier molecular flexibility index (Phi) is 8.72. The molecule has 3 aliphatic rings. The number of aromatic nitrogens is 1. The van der Waals surface area contributed by atoms with Gasteiger partial charge in [-0.25, -0.2) is 0 Å². The number of nitrogens with zero attached hydrogens (tertiary/aromatic N) is 1. The van der Waals surface area contributed by atoms with Crippen LogP contribution in [0.5, 0.6) is 0 Å². The van der Waals surface area contributed by atoms with Crippen LogP contribution >= 0.6 is 23.2 Å². The molecule has 1 saturated heterocycles. The molecule has 2 aromatic rings. The third kappa shape index (κ3) is 6.23. The maximum absolute atomic E-state index is 14.0. The lowest BCUT2D eigenvalue weighted by Crippen LogP contribution is -2.54. The fraction of sp³-hybridized carbons (Fsp3) is 0.581. The summed E-state index contributed by atoms with van der Waals surface area (Å²) in [5, 5.41) is 4.39. The number of Topliss-reactive ketones (excluding diaryl/α,β-unsaturated/α-hetero) is 2. The largest absolute Gasteiger partial charge is 0.457 e. The normalized spacial score (nSPS) is 24.6. The van der Waals surface area contributed by atoms with E-state index in [4.69, 9.17) is 27.9 Å². The molecule has 11 heteroatoms. The van der Waals surface area contributed by atoms with Crippen LogP contribution in [-0.2, 0) is 23.9 Å².